The monoisotopic (exact) mass is 531 g/mol. The molecule has 2 aliphatic heterocycles. The summed E-state index contributed by atoms with van der Waals surface area (Å²) in [6.45, 7) is 8.02. The highest BCUT2D eigenvalue weighted by Crippen LogP contribution is 2.53. The third-order valence-corrected chi connectivity index (χ3v) is 7.34. The van der Waals surface area contributed by atoms with E-state index in [1.54, 1.807) is 32.2 Å². The molecule has 3 atom stereocenters. The lowest BCUT2D eigenvalue weighted by Gasteiger charge is -2.54. The molecule has 3 amide bonds. The molecule has 1 saturated heterocycles. The van der Waals surface area contributed by atoms with E-state index in [1.807, 2.05) is 57.2 Å². The third-order valence-electron chi connectivity index (χ3n) is 7.34. The third kappa shape index (κ3) is 4.37. The summed E-state index contributed by atoms with van der Waals surface area (Å²) in [4.78, 5) is 29.3. The van der Waals surface area contributed by atoms with Crippen molar-refractivity contribution < 1.29 is 28.5 Å². The van der Waals surface area contributed by atoms with Crippen molar-refractivity contribution in [3.63, 3.8) is 0 Å². The molecule has 0 aromatic heterocycles. The fourth-order valence-corrected chi connectivity index (χ4v) is 5.54. The first-order chi connectivity index (χ1) is 18.7. The van der Waals surface area contributed by atoms with Crippen LogP contribution in [0.5, 0.6) is 23.0 Å². The van der Waals surface area contributed by atoms with Crippen molar-refractivity contribution in [3.05, 3.63) is 71.3 Å². The maximum Gasteiger partial charge on any atom is 0.325 e. The van der Waals surface area contributed by atoms with Gasteiger partial charge in [-0.3, -0.25) is 9.69 Å². The zero-order valence-corrected chi connectivity index (χ0v) is 23.0. The van der Waals surface area contributed by atoms with Gasteiger partial charge in [0, 0.05) is 17.3 Å². The average Bonchev–Trinajstić information content (AvgIpc) is 2.90. The number of carbonyl (C=O) groups excluding carboxylic acids is 2. The number of anilines is 2. The highest BCUT2D eigenvalue weighted by molar-refractivity contribution is 6.02. The molecule has 3 aromatic carbocycles. The molecule has 0 saturated carbocycles. The van der Waals surface area contributed by atoms with Crippen molar-refractivity contribution in [2.24, 2.45) is 5.92 Å². The number of nitrogens with one attached hydrogen (secondary N) is 2. The molecular weight excluding hydrogens is 498 g/mol. The Morgan fingerprint density at radius 1 is 1.08 bits per heavy atom. The first-order valence-electron chi connectivity index (χ1n) is 12.9. The standard InChI is InChI=1S/C30H33N3O6/c1-7-38-23-10-8-9-20-26-25(28(34)31-21-13-11-17(2)15-18(21)3)30(4,39-27(20)23)33(29(35)32-26)22-14-12-19(36-5)16-24(22)37-6/h8-16,25-26H,7H2,1-6H3,(H,31,34)(H,32,35)/t25-,26+,30+/m0/s1. The Kier molecular flexibility index (Phi) is 6.76. The molecule has 2 aliphatic rings. The lowest BCUT2D eigenvalue weighted by Crippen LogP contribution is -2.72. The molecule has 2 N–H and O–H groups in total. The van der Waals surface area contributed by atoms with Crippen LogP contribution < -0.4 is 34.5 Å². The summed E-state index contributed by atoms with van der Waals surface area (Å²) in [5, 5.41) is 6.16. The number of amides is 3. The van der Waals surface area contributed by atoms with Gasteiger partial charge in [0.25, 0.3) is 0 Å². The van der Waals surface area contributed by atoms with Crippen LogP contribution in [-0.2, 0) is 4.79 Å². The number of ether oxygens (including phenoxy) is 4. The van der Waals surface area contributed by atoms with Crippen molar-refractivity contribution in [3.8, 4) is 23.0 Å². The smallest absolute Gasteiger partial charge is 0.325 e. The highest BCUT2D eigenvalue weighted by atomic mass is 16.6. The van der Waals surface area contributed by atoms with Crippen LogP contribution in [0.15, 0.2) is 54.6 Å². The number of rotatable bonds is 7. The molecule has 39 heavy (non-hydrogen) atoms. The van der Waals surface area contributed by atoms with Crippen LogP contribution in [0.1, 0.15) is 36.6 Å². The maximum absolute atomic E-state index is 14.1. The van der Waals surface area contributed by atoms with Gasteiger partial charge in [-0.1, -0.05) is 29.8 Å². The van der Waals surface area contributed by atoms with E-state index in [0.717, 1.165) is 11.1 Å². The first-order valence-corrected chi connectivity index (χ1v) is 12.9. The van der Waals surface area contributed by atoms with E-state index >= 15 is 0 Å². The fourth-order valence-electron chi connectivity index (χ4n) is 5.54. The van der Waals surface area contributed by atoms with Gasteiger partial charge in [0.15, 0.2) is 11.5 Å². The predicted octanol–water partition coefficient (Wildman–Crippen LogP) is 5.35. The van der Waals surface area contributed by atoms with Gasteiger partial charge in [0.2, 0.25) is 11.6 Å². The molecule has 204 valence electrons. The van der Waals surface area contributed by atoms with Crippen LogP contribution in [-0.4, -0.2) is 38.5 Å². The number of hydrogen-bond acceptors (Lipinski definition) is 6. The van der Waals surface area contributed by atoms with E-state index in [2.05, 4.69) is 10.6 Å². The Labute approximate surface area is 228 Å². The van der Waals surface area contributed by atoms with Gasteiger partial charge in [-0.15, -0.1) is 0 Å². The zero-order chi connectivity index (χ0) is 27.9. The predicted molar refractivity (Wildman–Crippen MR) is 148 cm³/mol. The number of benzene rings is 3. The molecular formula is C30H33N3O6. The summed E-state index contributed by atoms with van der Waals surface area (Å²) < 4.78 is 23.6. The lowest BCUT2D eigenvalue weighted by atomic mass is 9.78. The van der Waals surface area contributed by atoms with Crippen molar-refractivity contribution in [1.29, 1.82) is 0 Å². The quantitative estimate of drug-likeness (QED) is 0.426. The number of hydrogen-bond donors (Lipinski definition) is 2. The van der Waals surface area contributed by atoms with Gasteiger partial charge in [0.1, 0.15) is 17.4 Å². The SMILES string of the molecule is CCOc1cccc2c1O[C@]1(C)[C@H](C(=O)Nc3ccc(C)cc3C)[C@@H]2NC(=O)N1c1ccc(OC)cc1OC. The number of methoxy groups -OCH3 is 2. The van der Waals surface area contributed by atoms with Gasteiger partial charge in [-0.2, -0.15) is 0 Å². The molecule has 2 bridgehead atoms. The Bertz CT molecular complexity index is 1440. The second kappa shape index (κ2) is 10.1. The van der Waals surface area contributed by atoms with Gasteiger partial charge in [-0.05, 0) is 57.5 Å². The zero-order valence-electron chi connectivity index (χ0n) is 23.0. The first kappa shape index (κ1) is 26.2. The molecule has 3 aromatic rings. The molecule has 9 heteroatoms. The largest absolute Gasteiger partial charge is 0.497 e. The Morgan fingerprint density at radius 3 is 2.56 bits per heavy atom. The van der Waals surface area contributed by atoms with Gasteiger partial charge in [0.05, 0.1) is 32.6 Å². The minimum atomic E-state index is -1.45. The minimum absolute atomic E-state index is 0.292. The second-order valence-corrected chi connectivity index (χ2v) is 9.85. The Morgan fingerprint density at radius 2 is 1.87 bits per heavy atom. The molecule has 0 spiro atoms. The summed E-state index contributed by atoms with van der Waals surface area (Å²) in [5.41, 5.74) is 2.39. The van der Waals surface area contributed by atoms with Crippen molar-refractivity contribution in [1.82, 2.24) is 5.32 Å². The van der Waals surface area contributed by atoms with Crippen LogP contribution in [0.2, 0.25) is 0 Å². The fraction of sp³-hybridized carbons (Fsp3) is 0.333. The normalized spacial score (nSPS) is 21.3. The summed E-state index contributed by atoms with van der Waals surface area (Å²) >= 11 is 0. The molecule has 9 nitrogen and oxygen atoms in total. The highest BCUT2D eigenvalue weighted by Gasteiger charge is 2.61. The number of fused-ring (bicyclic) bond motifs is 4. The molecule has 0 radical (unpaired) electrons. The minimum Gasteiger partial charge on any atom is -0.497 e. The Hall–Kier alpha value is -4.40. The van der Waals surface area contributed by atoms with Crippen molar-refractivity contribution >= 4 is 23.3 Å². The van der Waals surface area contributed by atoms with Crippen LogP contribution in [0, 0.1) is 19.8 Å². The summed E-state index contributed by atoms with van der Waals surface area (Å²) in [6.07, 6.45) is 0. The van der Waals surface area contributed by atoms with E-state index in [4.69, 9.17) is 18.9 Å². The van der Waals surface area contributed by atoms with Gasteiger partial charge < -0.3 is 29.6 Å². The summed E-state index contributed by atoms with van der Waals surface area (Å²) in [6, 6.07) is 15.4. The van der Waals surface area contributed by atoms with Crippen LogP contribution in [0.4, 0.5) is 16.2 Å². The number of aryl methyl sites for hydroxylation is 2. The topological polar surface area (TPSA) is 98.4 Å². The van der Waals surface area contributed by atoms with E-state index in [1.165, 1.54) is 12.0 Å². The number of nitrogens with zero attached hydrogens (tertiary/aromatic N) is 1. The summed E-state index contributed by atoms with van der Waals surface area (Å²) in [7, 11) is 3.07. The Balaban J connectivity index is 1.67. The molecule has 1 fully saturated rings. The van der Waals surface area contributed by atoms with Crippen molar-refractivity contribution in [2.45, 2.75) is 39.5 Å². The molecule has 0 unspecified atom stereocenters. The van der Waals surface area contributed by atoms with Crippen LogP contribution >= 0.6 is 0 Å². The lowest BCUT2D eigenvalue weighted by molar-refractivity contribution is -0.131. The number of carbonyl (C=O) groups is 2. The van der Waals surface area contributed by atoms with Crippen LogP contribution in [0.25, 0.3) is 0 Å². The molecule has 2 heterocycles. The molecule has 5 rings (SSSR count). The van der Waals surface area contributed by atoms with E-state index in [0.29, 0.717) is 46.5 Å². The van der Waals surface area contributed by atoms with E-state index in [9.17, 15) is 9.59 Å². The van der Waals surface area contributed by atoms with E-state index < -0.39 is 23.7 Å². The van der Waals surface area contributed by atoms with Gasteiger partial charge >= 0.3 is 6.03 Å². The number of para-hydroxylation sites is 1. The van der Waals surface area contributed by atoms with E-state index in [-0.39, 0.29) is 5.91 Å². The average molecular weight is 532 g/mol. The number of urea groups is 1. The van der Waals surface area contributed by atoms with Crippen molar-refractivity contribution in [2.75, 3.05) is 31.0 Å². The van der Waals surface area contributed by atoms with Gasteiger partial charge in [-0.25, -0.2) is 4.79 Å². The maximum atomic E-state index is 14.1. The summed E-state index contributed by atoms with van der Waals surface area (Å²) in [5.74, 6) is 0.850. The van der Waals surface area contributed by atoms with Crippen LogP contribution in [0.3, 0.4) is 0 Å². The molecule has 0 aliphatic carbocycles. The second-order valence-electron chi connectivity index (χ2n) is 9.85.